The number of para-hydroxylation sites is 1. The summed E-state index contributed by atoms with van der Waals surface area (Å²) in [5.41, 5.74) is 3.05. The number of nitrogens with one attached hydrogen (secondary N) is 1. The van der Waals surface area contributed by atoms with Gasteiger partial charge in [-0.05, 0) is 49.8 Å². The zero-order valence-electron chi connectivity index (χ0n) is 12.8. The largest absolute Gasteiger partial charge is 0.371 e. The first-order valence-electron chi connectivity index (χ1n) is 8.44. The van der Waals surface area contributed by atoms with Gasteiger partial charge in [0.15, 0.2) is 0 Å². The first-order valence-corrected chi connectivity index (χ1v) is 8.44. The molecule has 0 bridgehead atoms. The van der Waals surface area contributed by atoms with Crippen molar-refractivity contribution < 1.29 is 0 Å². The van der Waals surface area contributed by atoms with Gasteiger partial charge in [-0.3, -0.25) is 0 Å². The Hall–Kier alpha value is -1.02. The topological polar surface area (TPSA) is 15.3 Å². The van der Waals surface area contributed by atoms with Crippen LogP contribution < -0.4 is 10.2 Å². The van der Waals surface area contributed by atoms with Crippen LogP contribution in [-0.4, -0.2) is 25.7 Å². The second-order valence-electron chi connectivity index (χ2n) is 6.39. The van der Waals surface area contributed by atoms with E-state index in [1.54, 1.807) is 5.56 Å². The summed E-state index contributed by atoms with van der Waals surface area (Å²) >= 11 is 0. The molecule has 1 aromatic carbocycles. The van der Waals surface area contributed by atoms with Gasteiger partial charge in [-0.2, -0.15) is 0 Å². The molecule has 1 N–H and O–H groups in total. The Kier molecular flexibility index (Phi) is 4.62. The molecule has 0 aromatic heterocycles. The van der Waals surface area contributed by atoms with Crippen molar-refractivity contribution >= 4 is 5.69 Å². The normalized spacial score (nSPS) is 26.4. The molecular formula is C18H28N2. The predicted molar refractivity (Wildman–Crippen MR) is 86.4 cm³/mol. The van der Waals surface area contributed by atoms with E-state index in [1.807, 2.05) is 0 Å². The van der Waals surface area contributed by atoms with Crippen LogP contribution in [0.25, 0.3) is 0 Å². The molecular weight excluding hydrogens is 244 g/mol. The van der Waals surface area contributed by atoms with Crippen LogP contribution in [-0.2, 0) is 6.42 Å². The van der Waals surface area contributed by atoms with Gasteiger partial charge in [0, 0.05) is 24.8 Å². The van der Waals surface area contributed by atoms with Gasteiger partial charge in [-0.15, -0.1) is 0 Å². The van der Waals surface area contributed by atoms with E-state index >= 15 is 0 Å². The Morgan fingerprint density at radius 3 is 2.90 bits per heavy atom. The lowest BCUT2D eigenvalue weighted by molar-refractivity contribution is 0.266. The van der Waals surface area contributed by atoms with E-state index in [2.05, 4.69) is 41.4 Å². The number of fused-ring (bicyclic) bond motifs is 1. The van der Waals surface area contributed by atoms with E-state index in [1.165, 1.54) is 57.3 Å². The fourth-order valence-electron chi connectivity index (χ4n) is 4.04. The Morgan fingerprint density at radius 1 is 1.15 bits per heavy atom. The molecule has 1 saturated carbocycles. The van der Waals surface area contributed by atoms with Gasteiger partial charge in [0.2, 0.25) is 0 Å². The molecule has 1 aliphatic heterocycles. The summed E-state index contributed by atoms with van der Waals surface area (Å²) in [6.07, 6.45) is 8.17. The lowest BCUT2D eigenvalue weighted by Gasteiger charge is -2.39. The maximum Gasteiger partial charge on any atom is 0.0398 e. The molecule has 2 heteroatoms. The van der Waals surface area contributed by atoms with Crippen molar-refractivity contribution in [2.75, 3.05) is 24.5 Å². The molecule has 0 radical (unpaired) electrons. The van der Waals surface area contributed by atoms with E-state index in [0.717, 1.165) is 18.5 Å². The predicted octanol–water partition coefficient (Wildman–Crippen LogP) is 3.61. The summed E-state index contributed by atoms with van der Waals surface area (Å²) in [6, 6.07) is 9.75. The molecule has 0 amide bonds. The highest BCUT2D eigenvalue weighted by atomic mass is 15.1. The van der Waals surface area contributed by atoms with Gasteiger partial charge in [-0.1, -0.05) is 38.0 Å². The summed E-state index contributed by atoms with van der Waals surface area (Å²) in [7, 11) is 0. The highest BCUT2D eigenvalue weighted by Gasteiger charge is 2.27. The number of hydrogen-bond donors (Lipinski definition) is 1. The molecule has 1 heterocycles. The van der Waals surface area contributed by atoms with Crippen molar-refractivity contribution in [1.82, 2.24) is 5.32 Å². The summed E-state index contributed by atoms with van der Waals surface area (Å²) in [5, 5.41) is 3.72. The van der Waals surface area contributed by atoms with Crippen LogP contribution in [0.2, 0.25) is 0 Å². The Balaban J connectivity index is 1.71. The van der Waals surface area contributed by atoms with Crippen molar-refractivity contribution in [3.8, 4) is 0 Å². The SMILES string of the molecule is CCNC1CCCCC1CN1CCCc2ccccc21. The maximum absolute atomic E-state index is 3.72. The van der Waals surface area contributed by atoms with Crippen LogP contribution in [0.4, 0.5) is 5.69 Å². The molecule has 110 valence electrons. The van der Waals surface area contributed by atoms with E-state index in [-0.39, 0.29) is 0 Å². The minimum atomic E-state index is 0.739. The molecule has 0 spiro atoms. The van der Waals surface area contributed by atoms with Gasteiger partial charge in [0.1, 0.15) is 0 Å². The monoisotopic (exact) mass is 272 g/mol. The Labute approximate surface area is 123 Å². The van der Waals surface area contributed by atoms with E-state index in [4.69, 9.17) is 0 Å². The molecule has 1 aliphatic carbocycles. The van der Waals surface area contributed by atoms with Crippen LogP contribution in [0.3, 0.4) is 0 Å². The van der Waals surface area contributed by atoms with Gasteiger partial charge >= 0.3 is 0 Å². The van der Waals surface area contributed by atoms with Crippen LogP contribution >= 0.6 is 0 Å². The number of benzene rings is 1. The van der Waals surface area contributed by atoms with Gasteiger partial charge in [0.25, 0.3) is 0 Å². The summed E-state index contributed by atoms with van der Waals surface area (Å²) in [4.78, 5) is 2.65. The zero-order valence-corrected chi connectivity index (χ0v) is 12.8. The third-order valence-corrected chi connectivity index (χ3v) is 5.04. The number of nitrogens with zero attached hydrogens (tertiary/aromatic N) is 1. The molecule has 2 aliphatic rings. The third-order valence-electron chi connectivity index (χ3n) is 5.04. The van der Waals surface area contributed by atoms with E-state index in [0.29, 0.717) is 0 Å². The number of rotatable bonds is 4. The Bertz CT molecular complexity index is 427. The quantitative estimate of drug-likeness (QED) is 0.901. The van der Waals surface area contributed by atoms with Gasteiger partial charge < -0.3 is 10.2 Å². The lowest BCUT2D eigenvalue weighted by atomic mass is 9.83. The standard InChI is InChI=1S/C18H28N2/c1-2-19-17-11-5-3-9-16(17)14-20-13-7-10-15-8-4-6-12-18(15)20/h4,6,8,12,16-17,19H,2-3,5,7,9-11,13-14H2,1H3. The van der Waals surface area contributed by atoms with Gasteiger partial charge in [-0.25, -0.2) is 0 Å². The van der Waals surface area contributed by atoms with Crippen LogP contribution in [0.15, 0.2) is 24.3 Å². The second-order valence-corrected chi connectivity index (χ2v) is 6.39. The molecule has 0 saturated heterocycles. The fraction of sp³-hybridized carbons (Fsp3) is 0.667. The van der Waals surface area contributed by atoms with Crippen LogP contribution in [0.1, 0.15) is 44.6 Å². The molecule has 20 heavy (non-hydrogen) atoms. The minimum absolute atomic E-state index is 0.739. The highest BCUT2D eigenvalue weighted by molar-refractivity contribution is 5.55. The lowest BCUT2D eigenvalue weighted by Crippen LogP contribution is -2.45. The minimum Gasteiger partial charge on any atom is -0.371 e. The first kappa shape index (κ1) is 13.9. The average molecular weight is 272 g/mol. The molecule has 3 rings (SSSR count). The van der Waals surface area contributed by atoms with Gasteiger partial charge in [0.05, 0.1) is 0 Å². The summed E-state index contributed by atoms with van der Waals surface area (Å²) in [6.45, 7) is 5.83. The number of anilines is 1. The summed E-state index contributed by atoms with van der Waals surface area (Å²) in [5.74, 6) is 0.829. The van der Waals surface area contributed by atoms with E-state index < -0.39 is 0 Å². The maximum atomic E-state index is 3.72. The first-order chi connectivity index (χ1) is 9.88. The van der Waals surface area contributed by atoms with Crippen molar-refractivity contribution in [2.45, 2.75) is 51.5 Å². The summed E-state index contributed by atoms with van der Waals surface area (Å²) < 4.78 is 0. The molecule has 2 nitrogen and oxygen atoms in total. The smallest absolute Gasteiger partial charge is 0.0398 e. The fourth-order valence-corrected chi connectivity index (χ4v) is 4.04. The number of hydrogen-bond acceptors (Lipinski definition) is 2. The number of aryl methyl sites for hydroxylation is 1. The third kappa shape index (κ3) is 3.01. The average Bonchev–Trinajstić information content (AvgIpc) is 2.50. The molecule has 2 atom stereocenters. The van der Waals surface area contributed by atoms with Crippen LogP contribution in [0.5, 0.6) is 0 Å². The van der Waals surface area contributed by atoms with Crippen LogP contribution in [0, 0.1) is 5.92 Å². The van der Waals surface area contributed by atoms with Crippen molar-refractivity contribution in [3.63, 3.8) is 0 Å². The van der Waals surface area contributed by atoms with Crippen molar-refractivity contribution in [2.24, 2.45) is 5.92 Å². The van der Waals surface area contributed by atoms with Crippen molar-refractivity contribution in [3.05, 3.63) is 29.8 Å². The highest BCUT2D eigenvalue weighted by Crippen LogP contribution is 2.31. The molecule has 1 aromatic rings. The Morgan fingerprint density at radius 2 is 2.00 bits per heavy atom. The van der Waals surface area contributed by atoms with E-state index in [9.17, 15) is 0 Å². The second kappa shape index (κ2) is 6.62. The zero-order chi connectivity index (χ0) is 13.8. The van der Waals surface area contributed by atoms with Crippen molar-refractivity contribution in [1.29, 1.82) is 0 Å². The molecule has 1 fully saturated rings. The molecule has 2 unspecified atom stereocenters.